The largest absolute Gasteiger partial charge is 0.505 e. The first-order valence-electron chi connectivity index (χ1n) is 12.2. The Morgan fingerprint density at radius 2 is 1.64 bits per heavy atom. The summed E-state index contributed by atoms with van der Waals surface area (Å²) < 4.78 is 0. The zero-order valence-electron chi connectivity index (χ0n) is 20.5. The van der Waals surface area contributed by atoms with E-state index >= 15 is 0 Å². The van der Waals surface area contributed by atoms with Crippen molar-refractivity contribution in [3.63, 3.8) is 0 Å². The predicted octanol–water partition coefficient (Wildman–Crippen LogP) is 5.83. The standard InChI is InChI=1S/C27H38N4O2/c1-5-6-7-8-9-12-17-28-25(32)16-15-20-18-21(27(2,3)4)26(33)24(19-20)31-29-22-13-10-11-14-23(22)30-31/h10-11,13-14,18-19,33H,5-9,12,15-17H2,1-4H3,(H,28,32). The predicted molar refractivity (Wildman–Crippen MR) is 134 cm³/mol. The van der Waals surface area contributed by atoms with Gasteiger partial charge in [0.25, 0.3) is 0 Å². The molecule has 1 aromatic heterocycles. The molecule has 0 aliphatic carbocycles. The maximum absolute atomic E-state index is 12.4. The van der Waals surface area contributed by atoms with E-state index in [1.807, 2.05) is 36.4 Å². The SMILES string of the molecule is CCCCCCCCNC(=O)CCc1cc(-n2nc3ccccc3n2)c(O)c(C(C)(C)C)c1. The second kappa shape index (κ2) is 11.3. The molecule has 0 aliphatic heterocycles. The number of hydrogen-bond donors (Lipinski definition) is 2. The number of unbranched alkanes of at least 4 members (excludes halogenated alkanes) is 5. The fraction of sp³-hybridized carbons (Fsp3) is 0.519. The van der Waals surface area contributed by atoms with Gasteiger partial charge in [-0.3, -0.25) is 4.79 Å². The number of carbonyl (C=O) groups excluding carboxylic acids is 1. The number of phenolic OH excluding ortho intramolecular Hbond substituents is 1. The number of amides is 1. The Bertz CT molecular complexity index is 1030. The van der Waals surface area contributed by atoms with E-state index in [1.165, 1.54) is 36.9 Å². The highest BCUT2D eigenvalue weighted by Crippen LogP contribution is 2.36. The second-order valence-electron chi connectivity index (χ2n) is 9.86. The Labute approximate surface area is 197 Å². The number of hydrogen-bond acceptors (Lipinski definition) is 4. The average molecular weight is 451 g/mol. The summed E-state index contributed by atoms with van der Waals surface area (Å²) in [6, 6.07) is 11.5. The average Bonchev–Trinajstić information content (AvgIpc) is 3.21. The molecule has 6 heteroatoms. The molecule has 0 saturated heterocycles. The molecule has 0 saturated carbocycles. The van der Waals surface area contributed by atoms with E-state index < -0.39 is 0 Å². The maximum atomic E-state index is 12.4. The first-order chi connectivity index (χ1) is 15.8. The van der Waals surface area contributed by atoms with E-state index in [1.54, 1.807) is 0 Å². The molecule has 0 spiro atoms. The van der Waals surface area contributed by atoms with Crippen LogP contribution in [0.25, 0.3) is 16.7 Å². The molecule has 0 fully saturated rings. The van der Waals surface area contributed by atoms with Crippen molar-refractivity contribution in [3.05, 3.63) is 47.5 Å². The molecule has 2 N–H and O–H groups in total. The summed E-state index contributed by atoms with van der Waals surface area (Å²) in [6.07, 6.45) is 8.28. The first kappa shape index (κ1) is 24.7. The van der Waals surface area contributed by atoms with Crippen LogP contribution in [0.5, 0.6) is 5.75 Å². The van der Waals surface area contributed by atoms with Gasteiger partial charge in [-0.1, -0.05) is 78.0 Å². The van der Waals surface area contributed by atoms with E-state index in [0.29, 0.717) is 18.5 Å². The summed E-state index contributed by atoms with van der Waals surface area (Å²) in [4.78, 5) is 13.9. The van der Waals surface area contributed by atoms with Crippen LogP contribution < -0.4 is 5.32 Å². The zero-order chi connectivity index (χ0) is 23.8. The molecule has 1 heterocycles. The van der Waals surface area contributed by atoms with Gasteiger partial charge < -0.3 is 10.4 Å². The molecule has 0 unspecified atom stereocenters. The highest BCUT2D eigenvalue weighted by atomic mass is 16.3. The number of phenols is 1. The number of aromatic nitrogens is 3. The van der Waals surface area contributed by atoms with Gasteiger partial charge in [0.15, 0.2) is 0 Å². The minimum atomic E-state index is -0.262. The Balaban J connectivity index is 1.69. The molecule has 0 radical (unpaired) electrons. The van der Waals surface area contributed by atoms with Crippen LogP contribution in [-0.4, -0.2) is 32.6 Å². The number of fused-ring (bicyclic) bond motifs is 1. The summed E-state index contributed by atoms with van der Waals surface area (Å²) in [5.41, 5.74) is 3.64. The van der Waals surface area contributed by atoms with Crippen LogP contribution >= 0.6 is 0 Å². The van der Waals surface area contributed by atoms with Gasteiger partial charge in [-0.05, 0) is 42.0 Å². The van der Waals surface area contributed by atoms with Gasteiger partial charge in [0, 0.05) is 18.5 Å². The van der Waals surface area contributed by atoms with Crippen LogP contribution in [0.3, 0.4) is 0 Å². The van der Waals surface area contributed by atoms with Crippen LogP contribution in [0.15, 0.2) is 36.4 Å². The van der Waals surface area contributed by atoms with E-state index in [2.05, 4.69) is 43.2 Å². The quantitative estimate of drug-likeness (QED) is 0.360. The Hall–Kier alpha value is -2.89. The van der Waals surface area contributed by atoms with Crippen molar-refractivity contribution in [2.45, 2.75) is 84.5 Å². The van der Waals surface area contributed by atoms with Crippen LogP contribution in [0.4, 0.5) is 0 Å². The molecule has 3 aromatic rings. The Morgan fingerprint density at radius 3 is 2.27 bits per heavy atom. The summed E-state index contributed by atoms with van der Waals surface area (Å²) in [5.74, 6) is 0.248. The lowest BCUT2D eigenvalue weighted by atomic mass is 9.84. The molecule has 178 valence electrons. The molecule has 1 amide bonds. The third kappa shape index (κ3) is 6.80. The van der Waals surface area contributed by atoms with Gasteiger partial charge in [0.05, 0.1) is 0 Å². The number of nitrogens with one attached hydrogen (secondary N) is 1. The number of aromatic hydroxyl groups is 1. The van der Waals surface area contributed by atoms with Gasteiger partial charge in [-0.15, -0.1) is 15.0 Å². The lowest BCUT2D eigenvalue weighted by Gasteiger charge is -2.23. The second-order valence-corrected chi connectivity index (χ2v) is 9.86. The lowest BCUT2D eigenvalue weighted by Crippen LogP contribution is -2.24. The molecule has 33 heavy (non-hydrogen) atoms. The van der Waals surface area contributed by atoms with Crippen molar-refractivity contribution in [2.75, 3.05) is 6.54 Å². The number of benzene rings is 2. The fourth-order valence-electron chi connectivity index (χ4n) is 3.99. The van der Waals surface area contributed by atoms with Gasteiger partial charge in [0.2, 0.25) is 5.91 Å². The molecule has 2 aromatic carbocycles. The Kier molecular flexibility index (Phi) is 8.48. The third-order valence-corrected chi connectivity index (χ3v) is 5.95. The normalized spacial score (nSPS) is 11.8. The summed E-state index contributed by atoms with van der Waals surface area (Å²) >= 11 is 0. The van der Waals surface area contributed by atoms with Crippen molar-refractivity contribution < 1.29 is 9.90 Å². The molecule has 0 bridgehead atoms. The van der Waals surface area contributed by atoms with Gasteiger partial charge in [-0.2, -0.15) is 0 Å². The van der Waals surface area contributed by atoms with Crippen LogP contribution in [0.2, 0.25) is 0 Å². The molecule has 6 nitrogen and oxygen atoms in total. The molecular weight excluding hydrogens is 412 g/mol. The van der Waals surface area contributed by atoms with E-state index in [-0.39, 0.29) is 17.1 Å². The maximum Gasteiger partial charge on any atom is 0.220 e. The van der Waals surface area contributed by atoms with Gasteiger partial charge in [0.1, 0.15) is 22.5 Å². The molecule has 0 atom stereocenters. The summed E-state index contributed by atoms with van der Waals surface area (Å²) in [6.45, 7) is 9.15. The number of rotatable bonds is 11. The molecule has 0 aliphatic rings. The lowest BCUT2D eigenvalue weighted by molar-refractivity contribution is -0.121. The van der Waals surface area contributed by atoms with E-state index in [0.717, 1.165) is 35.1 Å². The highest BCUT2D eigenvalue weighted by Gasteiger charge is 2.23. The molecule has 3 rings (SSSR count). The van der Waals surface area contributed by atoms with Crippen molar-refractivity contribution >= 4 is 16.9 Å². The smallest absolute Gasteiger partial charge is 0.220 e. The third-order valence-electron chi connectivity index (χ3n) is 5.95. The number of aryl methyl sites for hydroxylation is 1. The fourth-order valence-corrected chi connectivity index (χ4v) is 3.99. The number of carbonyl (C=O) groups is 1. The van der Waals surface area contributed by atoms with E-state index in [4.69, 9.17) is 0 Å². The van der Waals surface area contributed by atoms with Crippen LogP contribution in [-0.2, 0) is 16.6 Å². The topological polar surface area (TPSA) is 80.0 Å². The van der Waals surface area contributed by atoms with Crippen molar-refractivity contribution in [3.8, 4) is 11.4 Å². The highest BCUT2D eigenvalue weighted by molar-refractivity contribution is 5.76. The van der Waals surface area contributed by atoms with Crippen molar-refractivity contribution in [1.29, 1.82) is 0 Å². The molecular formula is C27H38N4O2. The zero-order valence-corrected chi connectivity index (χ0v) is 20.5. The van der Waals surface area contributed by atoms with Crippen LogP contribution in [0, 0.1) is 0 Å². The Morgan fingerprint density at radius 1 is 1.00 bits per heavy atom. The number of nitrogens with zero attached hydrogens (tertiary/aromatic N) is 3. The van der Waals surface area contributed by atoms with Crippen molar-refractivity contribution in [2.24, 2.45) is 0 Å². The summed E-state index contributed by atoms with van der Waals surface area (Å²) in [5, 5.41) is 23.2. The minimum absolute atomic E-state index is 0.0680. The van der Waals surface area contributed by atoms with E-state index in [9.17, 15) is 9.90 Å². The minimum Gasteiger partial charge on any atom is -0.505 e. The van der Waals surface area contributed by atoms with Gasteiger partial charge >= 0.3 is 0 Å². The van der Waals surface area contributed by atoms with Gasteiger partial charge in [-0.25, -0.2) is 0 Å². The summed E-state index contributed by atoms with van der Waals surface area (Å²) in [7, 11) is 0. The monoisotopic (exact) mass is 450 g/mol. The first-order valence-corrected chi connectivity index (χ1v) is 12.2. The van der Waals surface area contributed by atoms with Crippen molar-refractivity contribution in [1.82, 2.24) is 20.3 Å². The van der Waals surface area contributed by atoms with Crippen LogP contribution in [0.1, 0.15) is 83.8 Å².